The molecular formula is C12H14ClN3O2S. The molecule has 0 aromatic carbocycles. The van der Waals surface area contributed by atoms with Crippen LogP contribution >= 0.6 is 22.9 Å². The number of aromatic nitrogens is 2. The minimum atomic E-state index is -1.04. The van der Waals surface area contributed by atoms with Crippen LogP contribution in [0.1, 0.15) is 12.5 Å². The molecule has 0 unspecified atom stereocenters. The molecule has 2 N–H and O–H groups in total. The van der Waals surface area contributed by atoms with Gasteiger partial charge in [0.05, 0.1) is 11.9 Å². The Labute approximate surface area is 119 Å². The van der Waals surface area contributed by atoms with Crippen LogP contribution in [0.5, 0.6) is 0 Å². The lowest BCUT2D eigenvalue weighted by Gasteiger charge is -2.23. The van der Waals surface area contributed by atoms with Crippen LogP contribution in [0.15, 0.2) is 27.8 Å². The van der Waals surface area contributed by atoms with E-state index in [1.54, 1.807) is 6.92 Å². The third-order valence-corrected chi connectivity index (χ3v) is 3.89. The third kappa shape index (κ3) is 2.97. The number of anilines is 1. The quantitative estimate of drug-likeness (QED) is 0.903. The zero-order valence-corrected chi connectivity index (χ0v) is 12.1. The summed E-state index contributed by atoms with van der Waals surface area (Å²) in [6.45, 7) is 1.93. The summed E-state index contributed by atoms with van der Waals surface area (Å²) < 4.78 is 1.16. The van der Waals surface area contributed by atoms with Gasteiger partial charge in [0.1, 0.15) is 10.6 Å². The summed E-state index contributed by atoms with van der Waals surface area (Å²) >= 11 is 7.45. The van der Waals surface area contributed by atoms with E-state index in [1.807, 2.05) is 16.8 Å². The number of nitrogens with zero attached hydrogens (tertiary/aromatic N) is 2. The van der Waals surface area contributed by atoms with E-state index in [9.17, 15) is 9.90 Å². The summed E-state index contributed by atoms with van der Waals surface area (Å²) in [4.78, 5) is 11.6. The van der Waals surface area contributed by atoms with Gasteiger partial charge >= 0.3 is 0 Å². The number of aryl methyl sites for hydroxylation is 1. The zero-order valence-electron chi connectivity index (χ0n) is 10.6. The third-order valence-electron chi connectivity index (χ3n) is 2.84. The normalized spacial score (nSPS) is 14.1. The summed E-state index contributed by atoms with van der Waals surface area (Å²) in [5.41, 5.74) is -0.176. The Kier molecular flexibility index (Phi) is 3.93. The maximum atomic E-state index is 11.6. The van der Waals surface area contributed by atoms with Crippen molar-refractivity contribution in [1.82, 2.24) is 9.78 Å². The summed E-state index contributed by atoms with van der Waals surface area (Å²) in [7, 11) is 1.53. The van der Waals surface area contributed by atoms with Crippen LogP contribution in [0.25, 0.3) is 0 Å². The highest BCUT2D eigenvalue weighted by molar-refractivity contribution is 7.08. The van der Waals surface area contributed by atoms with Crippen molar-refractivity contribution < 1.29 is 5.11 Å². The van der Waals surface area contributed by atoms with Crippen molar-refractivity contribution in [2.24, 2.45) is 7.05 Å². The summed E-state index contributed by atoms with van der Waals surface area (Å²) in [5, 5.41) is 21.0. The fourth-order valence-electron chi connectivity index (χ4n) is 1.57. The summed E-state index contributed by atoms with van der Waals surface area (Å²) in [6.07, 6.45) is 1.47. The molecule has 2 heterocycles. The van der Waals surface area contributed by atoms with Crippen LogP contribution < -0.4 is 10.9 Å². The van der Waals surface area contributed by atoms with Gasteiger partial charge in [0.25, 0.3) is 5.56 Å². The first-order valence-electron chi connectivity index (χ1n) is 5.62. The molecular weight excluding hydrogens is 286 g/mol. The topological polar surface area (TPSA) is 67.2 Å². The second-order valence-corrected chi connectivity index (χ2v) is 5.60. The molecule has 0 spiro atoms. The van der Waals surface area contributed by atoms with E-state index in [4.69, 9.17) is 11.6 Å². The Hall–Kier alpha value is -1.37. The van der Waals surface area contributed by atoms with Crippen LogP contribution in [0.2, 0.25) is 5.02 Å². The Morgan fingerprint density at radius 1 is 1.63 bits per heavy atom. The molecule has 0 radical (unpaired) electrons. The first kappa shape index (κ1) is 14.0. The van der Waals surface area contributed by atoms with Gasteiger partial charge in [-0.25, -0.2) is 4.68 Å². The second-order valence-electron chi connectivity index (χ2n) is 4.44. The van der Waals surface area contributed by atoms with Gasteiger partial charge in [-0.2, -0.15) is 16.4 Å². The molecule has 0 aliphatic rings. The molecule has 0 bridgehead atoms. The minimum absolute atomic E-state index is 0.0682. The van der Waals surface area contributed by atoms with Crippen molar-refractivity contribution in [3.8, 4) is 0 Å². The number of aliphatic hydroxyl groups is 1. The Morgan fingerprint density at radius 3 is 3.00 bits per heavy atom. The van der Waals surface area contributed by atoms with Crippen LogP contribution in [0.3, 0.4) is 0 Å². The molecule has 0 fully saturated rings. The Balaban J connectivity index is 2.16. The lowest BCUT2D eigenvalue weighted by Crippen LogP contribution is -2.31. The molecule has 0 saturated heterocycles. The number of thiophene rings is 1. The van der Waals surface area contributed by atoms with E-state index in [1.165, 1.54) is 24.6 Å². The van der Waals surface area contributed by atoms with Crippen molar-refractivity contribution in [3.05, 3.63) is 44.0 Å². The van der Waals surface area contributed by atoms with E-state index in [-0.39, 0.29) is 17.1 Å². The molecule has 1 atom stereocenters. The predicted octanol–water partition coefficient (Wildman–Crippen LogP) is 1.81. The second kappa shape index (κ2) is 5.32. The van der Waals surface area contributed by atoms with Gasteiger partial charge in [-0.1, -0.05) is 11.6 Å². The van der Waals surface area contributed by atoms with Gasteiger partial charge in [-0.15, -0.1) is 0 Å². The van der Waals surface area contributed by atoms with Crippen molar-refractivity contribution >= 4 is 28.6 Å². The van der Waals surface area contributed by atoms with Crippen LogP contribution in [0, 0.1) is 0 Å². The molecule has 102 valence electrons. The molecule has 0 aliphatic carbocycles. The molecule has 0 saturated carbocycles. The van der Waals surface area contributed by atoms with Gasteiger partial charge in [0.2, 0.25) is 0 Å². The van der Waals surface area contributed by atoms with Gasteiger partial charge < -0.3 is 10.4 Å². The van der Waals surface area contributed by atoms with Crippen molar-refractivity contribution in [2.45, 2.75) is 12.5 Å². The number of nitrogens with one attached hydrogen (secondary N) is 1. The monoisotopic (exact) mass is 299 g/mol. The van der Waals surface area contributed by atoms with Gasteiger partial charge in [-0.3, -0.25) is 4.79 Å². The highest BCUT2D eigenvalue weighted by atomic mass is 35.5. The number of halogens is 1. The molecule has 19 heavy (non-hydrogen) atoms. The SMILES string of the molecule is Cn1ncc(NC[C@](C)(O)c2ccsc2)c(Cl)c1=O. The standard InChI is InChI=1S/C12H14ClN3O2S/c1-12(18,8-3-4-19-6-8)7-14-9-5-15-16(2)11(17)10(9)13/h3-6,14,18H,7H2,1-2H3/t12-/m0/s1. The van der Waals surface area contributed by atoms with E-state index < -0.39 is 5.60 Å². The van der Waals surface area contributed by atoms with E-state index >= 15 is 0 Å². The molecule has 0 aliphatic heterocycles. The maximum Gasteiger partial charge on any atom is 0.287 e. The Morgan fingerprint density at radius 2 is 2.37 bits per heavy atom. The lowest BCUT2D eigenvalue weighted by atomic mass is 9.99. The predicted molar refractivity (Wildman–Crippen MR) is 76.9 cm³/mol. The van der Waals surface area contributed by atoms with Crippen LogP contribution in [0.4, 0.5) is 5.69 Å². The Bertz CT molecular complexity index is 622. The highest BCUT2D eigenvalue weighted by Gasteiger charge is 2.23. The van der Waals surface area contributed by atoms with Crippen molar-refractivity contribution in [1.29, 1.82) is 0 Å². The number of hydrogen-bond acceptors (Lipinski definition) is 5. The zero-order chi connectivity index (χ0) is 14.0. The maximum absolute atomic E-state index is 11.6. The van der Waals surface area contributed by atoms with Gasteiger partial charge in [0, 0.05) is 13.6 Å². The van der Waals surface area contributed by atoms with Crippen LogP contribution in [-0.4, -0.2) is 21.4 Å². The highest BCUT2D eigenvalue weighted by Crippen LogP contribution is 2.24. The molecule has 0 amide bonds. The fourth-order valence-corrected chi connectivity index (χ4v) is 2.60. The lowest BCUT2D eigenvalue weighted by molar-refractivity contribution is 0.0720. The smallest absolute Gasteiger partial charge is 0.287 e. The fraction of sp³-hybridized carbons (Fsp3) is 0.333. The summed E-state index contributed by atoms with van der Waals surface area (Å²) in [6, 6.07) is 1.86. The molecule has 2 aromatic heterocycles. The molecule has 2 rings (SSSR count). The van der Waals surface area contributed by atoms with E-state index in [0.29, 0.717) is 5.69 Å². The number of rotatable bonds is 4. The van der Waals surface area contributed by atoms with E-state index in [0.717, 1.165) is 10.2 Å². The first-order chi connectivity index (χ1) is 8.92. The van der Waals surface area contributed by atoms with Crippen molar-refractivity contribution in [3.63, 3.8) is 0 Å². The van der Waals surface area contributed by atoms with Crippen LogP contribution in [-0.2, 0) is 12.6 Å². The van der Waals surface area contributed by atoms with E-state index in [2.05, 4.69) is 10.4 Å². The summed E-state index contributed by atoms with van der Waals surface area (Å²) in [5.74, 6) is 0. The minimum Gasteiger partial charge on any atom is -0.384 e. The average molecular weight is 300 g/mol. The van der Waals surface area contributed by atoms with Crippen molar-refractivity contribution in [2.75, 3.05) is 11.9 Å². The molecule has 7 heteroatoms. The van der Waals surface area contributed by atoms with Gasteiger partial charge in [0.15, 0.2) is 0 Å². The first-order valence-corrected chi connectivity index (χ1v) is 6.94. The molecule has 5 nitrogen and oxygen atoms in total. The average Bonchev–Trinajstić information content (AvgIpc) is 2.90. The molecule has 2 aromatic rings. The van der Waals surface area contributed by atoms with Gasteiger partial charge in [-0.05, 0) is 29.3 Å². The number of hydrogen-bond donors (Lipinski definition) is 2. The largest absolute Gasteiger partial charge is 0.384 e.